The van der Waals surface area contributed by atoms with Gasteiger partial charge in [0, 0.05) is 19.1 Å². The highest BCUT2D eigenvalue weighted by Crippen LogP contribution is 2.26. The molecule has 1 saturated carbocycles. The standard InChI is InChI=1S/C15H32N2/c1-4-7-14-8-6-9-15(11-10-14)16-12-13-17(3)5-2/h14-16H,4-13H2,1-3H3. The molecular weight excluding hydrogens is 208 g/mol. The highest BCUT2D eigenvalue weighted by Gasteiger charge is 2.17. The Balaban J connectivity index is 2.13. The van der Waals surface area contributed by atoms with E-state index in [0.717, 1.165) is 25.0 Å². The average molecular weight is 240 g/mol. The van der Waals surface area contributed by atoms with E-state index in [1.807, 2.05) is 0 Å². The van der Waals surface area contributed by atoms with Crippen LogP contribution in [0.3, 0.4) is 0 Å². The summed E-state index contributed by atoms with van der Waals surface area (Å²) in [5.41, 5.74) is 0. The van der Waals surface area contributed by atoms with Crippen LogP contribution >= 0.6 is 0 Å². The third-order valence-electron chi connectivity index (χ3n) is 4.25. The minimum Gasteiger partial charge on any atom is -0.313 e. The van der Waals surface area contributed by atoms with E-state index in [1.165, 1.54) is 51.5 Å². The van der Waals surface area contributed by atoms with Gasteiger partial charge in [-0.2, -0.15) is 0 Å². The minimum atomic E-state index is 0.794. The first-order valence-electron chi connectivity index (χ1n) is 7.68. The molecular formula is C15H32N2. The first-order chi connectivity index (χ1) is 8.26. The van der Waals surface area contributed by atoms with Crippen LogP contribution in [-0.4, -0.2) is 37.6 Å². The second-order valence-electron chi connectivity index (χ2n) is 5.71. The molecule has 0 saturated heterocycles. The van der Waals surface area contributed by atoms with E-state index in [2.05, 4.69) is 31.1 Å². The Morgan fingerprint density at radius 1 is 1.12 bits per heavy atom. The molecule has 0 spiro atoms. The molecule has 1 rings (SSSR count). The van der Waals surface area contributed by atoms with Gasteiger partial charge in [0.05, 0.1) is 0 Å². The van der Waals surface area contributed by atoms with Crippen LogP contribution in [0.2, 0.25) is 0 Å². The molecule has 2 heteroatoms. The molecule has 102 valence electrons. The van der Waals surface area contributed by atoms with E-state index < -0.39 is 0 Å². The van der Waals surface area contributed by atoms with Crippen molar-refractivity contribution in [3.63, 3.8) is 0 Å². The van der Waals surface area contributed by atoms with Gasteiger partial charge in [0.2, 0.25) is 0 Å². The Labute approximate surface area is 108 Å². The molecule has 2 nitrogen and oxygen atoms in total. The second-order valence-corrected chi connectivity index (χ2v) is 5.71. The minimum absolute atomic E-state index is 0.794. The van der Waals surface area contributed by atoms with Crippen molar-refractivity contribution in [1.82, 2.24) is 10.2 Å². The largest absolute Gasteiger partial charge is 0.313 e. The first kappa shape index (κ1) is 15.0. The third-order valence-corrected chi connectivity index (χ3v) is 4.25. The van der Waals surface area contributed by atoms with Gasteiger partial charge in [-0.05, 0) is 38.8 Å². The van der Waals surface area contributed by atoms with Gasteiger partial charge in [-0.15, -0.1) is 0 Å². The van der Waals surface area contributed by atoms with Crippen molar-refractivity contribution in [3.8, 4) is 0 Å². The molecule has 2 unspecified atom stereocenters. The Kier molecular flexibility index (Phi) is 7.87. The molecule has 1 fully saturated rings. The van der Waals surface area contributed by atoms with Crippen LogP contribution in [0.15, 0.2) is 0 Å². The molecule has 0 aromatic rings. The lowest BCUT2D eigenvalue weighted by atomic mass is 9.95. The van der Waals surface area contributed by atoms with E-state index in [4.69, 9.17) is 0 Å². The Bertz CT molecular complexity index is 182. The van der Waals surface area contributed by atoms with Gasteiger partial charge < -0.3 is 10.2 Å². The number of nitrogens with one attached hydrogen (secondary N) is 1. The molecule has 0 bridgehead atoms. The maximum Gasteiger partial charge on any atom is 0.0104 e. The summed E-state index contributed by atoms with van der Waals surface area (Å²) in [5, 5.41) is 3.75. The molecule has 0 aliphatic heterocycles. The van der Waals surface area contributed by atoms with E-state index in [1.54, 1.807) is 0 Å². The topological polar surface area (TPSA) is 15.3 Å². The van der Waals surface area contributed by atoms with Crippen molar-refractivity contribution in [2.24, 2.45) is 5.92 Å². The molecule has 2 atom stereocenters. The molecule has 1 N–H and O–H groups in total. The molecule has 0 aromatic heterocycles. The van der Waals surface area contributed by atoms with E-state index >= 15 is 0 Å². The van der Waals surface area contributed by atoms with Gasteiger partial charge in [-0.3, -0.25) is 0 Å². The van der Waals surface area contributed by atoms with Crippen LogP contribution in [0.5, 0.6) is 0 Å². The zero-order valence-electron chi connectivity index (χ0n) is 12.2. The highest BCUT2D eigenvalue weighted by molar-refractivity contribution is 4.75. The summed E-state index contributed by atoms with van der Waals surface area (Å²) >= 11 is 0. The summed E-state index contributed by atoms with van der Waals surface area (Å²) in [5.74, 6) is 1.02. The zero-order chi connectivity index (χ0) is 12.5. The zero-order valence-corrected chi connectivity index (χ0v) is 12.2. The SMILES string of the molecule is CCCC1CCCC(NCCN(C)CC)CC1. The molecule has 0 amide bonds. The monoisotopic (exact) mass is 240 g/mol. The van der Waals surface area contributed by atoms with Gasteiger partial charge >= 0.3 is 0 Å². The summed E-state index contributed by atoms with van der Waals surface area (Å²) in [7, 11) is 2.20. The van der Waals surface area contributed by atoms with Crippen LogP contribution in [0.1, 0.15) is 58.8 Å². The Hall–Kier alpha value is -0.0800. The third kappa shape index (κ3) is 6.42. The van der Waals surface area contributed by atoms with Crippen LogP contribution in [0.4, 0.5) is 0 Å². The Morgan fingerprint density at radius 2 is 1.94 bits per heavy atom. The van der Waals surface area contributed by atoms with Gasteiger partial charge in [0.25, 0.3) is 0 Å². The van der Waals surface area contributed by atoms with Gasteiger partial charge in [0.1, 0.15) is 0 Å². The van der Waals surface area contributed by atoms with Crippen molar-refractivity contribution in [2.75, 3.05) is 26.7 Å². The van der Waals surface area contributed by atoms with Crippen molar-refractivity contribution in [3.05, 3.63) is 0 Å². The molecule has 1 aliphatic rings. The lowest BCUT2D eigenvalue weighted by Crippen LogP contribution is -2.35. The van der Waals surface area contributed by atoms with Crippen molar-refractivity contribution in [2.45, 2.75) is 64.8 Å². The van der Waals surface area contributed by atoms with Crippen LogP contribution < -0.4 is 5.32 Å². The molecule has 17 heavy (non-hydrogen) atoms. The van der Waals surface area contributed by atoms with Crippen molar-refractivity contribution in [1.29, 1.82) is 0 Å². The predicted molar refractivity (Wildman–Crippen MR) is 76.4 cm³/mol. The second kappa shape index (κ2) is 8.93. The number of nitrogens with zero attached hydrogens (tertiary/aromatic N) is 1. The Morgan fingerprint density at radius 3 is 2.65 bits per heavy atom. The van der Waals surface area contributed by atoms with Crippen LogP contribution in [0, 0.1) is 5.92 Å². The number of hydrogen-bond donors (Lipinski definition) is 1. The van der Waals surface area contributed by atoms with Crippen molar-refractivity contribution < 1.29 is 0 Å². The maximum atomic E-state index is 3.75. The molecule has 0 radical (unpaired) electrons. The number of rotatable bonds is 7. The van der Waals surface area contributed by atoms with Crippen LogP contribution in [0.25, 0.3) is 0 Å². The summed E-state index contributed by atoms with van der Waals surface area (Å²) in [4.78, 5) is 2.38. The summed E-state index contributed by atoms with van der Waals surface area (Å²) in [6.45, 7) is 8.05. The average Bonchev–Trinajstić information content (AvgIpc) is 2.55. The van der Waals surface area contributed by atoms with Gasteiger partial charge in [-0.25, -0.2) is 0 Å². The summed E-state index contributed by atoms with van der Waals surface area (Å²) in [6.07, 6.45) is 9.98. The fraction of sp³-hybridized carbons (Fsp3) is 1.00. The number of likely N-dealkylation sites (N-methyl/N-ethyl adjacent to an activating group) is 1. The van der Waals surface area contributed by atoms with E-state index in [9.17, 15) is 0 Å². The molecule has 0 aromatic carbocycles. The fourth-order valence-corrected chi connectivity index (χ4v) is 2.90. The lowest BCUT2D eigenvalue weighted by molar-refractivity contribution is 0.331. The van der Waals surface area contributed by atoms with E-state index in [0.29, 0.717) is 0 Å². The lowest BCUT2D eigenvalue weighted by Gasteiger charge is -2.19. The fourth-order valence-electron chi connectivity index (χ4n) is 2.90. The van der Waals surface area contributed by atoms with Gasteiger partial charge in [-0.1, -0.05) is 39.5 Å². The predicted octanol–water partition coefficient (Wildman–Crippen LogP) is 3.28. The van der Waals surface area contributed by atoms with E-state index in [-0.39, 0.29) is 0 Å². The smallest absolute Gasteiger partial charge is 0.0104 e. The normalized spacial score (nSPS) is 26.1. The highest BCUT2D eigenvalue weighted by atomic mass is 15.1. The van der Waals surface area contributed by atoms with Crippen molar-refractivity contribution >= 4 is 0 Å². The summed E-state index contributed by atoms with van der Waals surface area (Å²) < 4.78 is 0. The maximum absolute atomic E-state index is 3.75. The molecule has 0 heterocycles. The number of hydrogen-bond acceptors (Lipinski definition) is 2. The van der Waals surface area contributed by atoms with Gasteiger partial charge in [0.15, 0.2) is 0 Å². The molecule has 1 aliphatic carbocycles. The summed E-state index contributed by atoms with van der Waals surface area (Å²) in [6, 6.07) is 0.794. The van der Waals surface area contributed by atoms with Crippen LogP contribution in [-0.2, 0) is 0 Å². The quantitative estimate of drug-likeness (QED) is 0.687. The first-order valence-corrected chi connectivity index (χ1v) is 7.68.